The number of aromatic nitrogens is 1. The quantitative estimate of drug-likeness (QED) is 0.922. The molecule has 138 valence electrons. The van der Waals surface area contributed by atoms with E-state index in [1.807, 2.05) is 46.8 Å². The number of aliphatic hydroxyl groups is 1. The molecule has 2 aliphatic rings. The second kappa shape index (κ2) is 6.56. The van der Waals surface area contributed by atoms with Crippen LogP contribution in [0, 0.1) is 5.41 Å². The normalized spacial score (nSPS) is 24.5. The van der Waals surface area contributed by atoms with Crippen LogP contribution in [0.5, 0.6) is 0 Å². The number of aliphatic hydroxyl groups excluding tert-OH is 1. The van der Waals surface area contributed by atoms with E-state index in [2.05, 4.69) is 12.1 Å². The second-order valence-corrected chi connectivity index (χ2v) is 7.53. The molecule has 1 spiro atoms. The summed E-state index contributed by atoms with van der Waals surface area (Å²) in [6.07, 6.45) is 2.13. The fraction of sp³-hybridized carbons (Fsp3) is 0.476. The number of ether oxygens (including phenoxy) is 1. The molecule has 2 unspecified atom stereocenters. The van der Waals surface area contributed by atoms with Crippen molar-refractivity contribution in [1.29, 1.82) is 0 Å². The molecule has 2 heterocycles. The number of benzene rings is 1. The maximum absolute atomic E-state index is 13.0. The first-order chi connectivity index (χ1) is 12.6. The first-order valence-corrected chi connectivity index (χ1v) is 9.28. The number of piperidine rings is 1. The number of carbonyl (C=O) groups is 1. The number of nitrogens with zero attached hydrogens (tertiary/aromatic N) is 2. The largest absolute Gasteiger partial charge is 0.392 e. The number of likely N-dealkylation sites (tertiary alicyclic amines) is 1. The molecule has 1 aliphatic carbocycles. The van der Waals surface area contributed by atoms with E-state index >= 15 is 0 Å². The minimum absolute atomic E-state index is 0.0623. The Bertz CT molecular complexity index is 791. The van der Waals surface area contributed by atoms with E-state index in [0.29, 0.717) is 25.2 Å². The number of rotatable bonds is 3. The van der Waals surface area contributed by atoms with Crippen molar-refractivity contribution in [2.75, 3.05) is 20.2 Å². The molecular formula is C21H26N2O3. The standard InChI is InChI=1S/C21H26N2O3/c1-22-16(15-6-4-3-5-7-15)8-9-17(22)20(25)23-12-10-21(11-13-23)18(24)14-19(21)26-2/h3-9,18-19,24H,10-14H2,1-2H3. The average molecular weight is 354 g/mol. The predicted molar refractivity (Wildman–Crippen MR) is 99.8 cm³/mol. The molecule has 1 aromatic carbocycles. The van der Waals surface area contributed by atoms with Gasteiger partial charge in [0.2, 0.25) is 0 Å². The Morgan fingerprint density at radius 3 is 2.46 bits per heavy atom. The van der Waals surface area contributed by atoms with Crippen molar-refractivity contribution in [2.24, 2.45) is 12.5 Å². The van der Waals surface area contributed by atoms with Crippen molar-refractivity contribution in [3.63, 3.8) is 0 Å². The van der Waals surface area contributed by atoms with Crippen LogP contribution < -0.4 is 0 Å². The van der Waals surface area contributed by atoms with E-state index in [-0.39, 0.29) is 23.5 Å². The smallest absolute Gasteiger partial charge is 0.270 e. The van der Waals surface area contributed by atoms with Crippen LogP contribution in [-0.4, -0.2) is 52.9 Å². The number of hydrogen-bond donors (Lipinski definition) is 1. The maximum Gasteiger partial charge on any atom is 0.270 e. The minimum Gasteiger partial charge on any atom is -0.392 e. The Kier molecular flexibility index (Phi) is 4.37. The number of methoxy groups -OCH3 is 1. The van der Waals surface area contributed by atoms with E-state index < -0.39 is 0 Å². The van der Waals surface area contributed by atoms with Gasteiger partial charge in [0.15, 0.2) is 0 Å². The summed E-state index contributed by atoms with van der Waals surface area (Å²) in [7, 11) is 3.66. The number of amides is 1. The van der Waals surface area contributed by atoms with Crippen molar-refractivity contribution < 1.29 is 14.6 Å². The van der Waals surface area contributed by atoms with E-state index in [9.17, 15) is 9.90 Å². The van der Waals surface area contributed by atoms with Gasteiger partial charge in [0.1, 0.15) is 5.69 Å². The molecule has 26 heavy (non-hydrogen) atoms. The van der Waals surface area contributed by atoms with Gasteiger partial charge in [-0.15, -0.1) is 0 Å². The van der Waals surface area contributed by atoms with Gasteiger partial charge in [-0.2, -0.15) is 0 Å². The highest BCUT2D eigenvalue weighted by Crippen LogP contribution is 2.50. The fourth-order valence-corrected chi connectivity index (χ4v) is 4.63. The van der Waals surface area contributed by atoms with Gasteiger partial charge in [-0.1, -0.05) is 30.3 Å². The Hall–Kier alpha value is -2.11. The molecule has 1 amide bonds. The summed E-state index contributed by atoms with van der Waals surface area (Å²) in [5.41, 5.74) is 2.69. The molecule has 5 heteroatoms. The van der Waals surface area contributed by atoms with Crippen LogP contribution in [0.1, 0.15) is 29.8 Å². The highest BCUT2D eigenvalue weighted by atomic mass is 16.5. The zero-order valence-corrected chi connectivity index (χ0v) is 15.4. The van der Waals surface area contributed by atoms with Crippen molar-refractivity contribution >= 4 is 5.91 Å². The lowest BCUT2D eigenvalue weighted by molar-refractivity contribution is -0.199. The van der Waals surface area contributed by atoms with E-state index in [1.165, 1.54) is 0 Å². The van der Waals surface area contributed by atoms with Gasteiger partial charge in [0, 0.05) is 44.8 Å². The molecule has 1 saturated heterocycles. The third-order valence-electron chi connectivity index (χ3n) is 6.42. The minimum atomic E-state index is -0.301. The molecule has 2 aromatic rings. The second-order valence-electron chi connectivity index (χ2n) is 7.53. The first kappa shape index (κ1) is 17.3. The summed E-state index contributed by atoms with van der Waals surface area (Å²) >= 11 is 0. The van der Waals surface area contributed by atoms with Crippen molar-refractivity contribution in [3.8, 4) is 11.3 Å². The first-order valence-electron chi connectivity index (χ1n) is 9.28. The fourth-order valence-electron chi connectivity index (χ4n) is 4.63. The van der Waals surface area contributed by atoms with Gasteiger partial charge in [-0.25, -0.2) is 0 Å². The number of hydrogen-bond acceptors (Lipinski definition) is 3. The SMILES string of the molecule is COC1CC(O)C12CCN(C(=O)c1ccc(-c3ccccc3)n1C)CC2. The third kappa shape index (κ3) is 2.58. The summed E-state index contributed by atoms with van der Waals surface area (Å²) in [6.45, 7) is 1.34. The van der Waals surface area contributed by atoms with Crippen molar-refractivity contribution in [3.05, 3.63) is 48.2 Å². The lowest BCUT2D eigenvalue weighted by Crippen LogP contribution is -2.62. The van der Waals surface area contributed by atoms with E-state index in [0.717, 1.165) is 24.1 Å². The van der Waals surface area contributed by atoms with Crippen LogP contribution in [0.15, 0.2) is 42.5 Å². The molecule has 0 bridgehead atoms. The summed E-state index contributed by atoms with van der Waals surface area (Å²) in [5, 5.41) is 10.3. The van der Waals surface area contributed by atoms with Crippen molar-refractivity contribution in [1.82, 2.24) is 9.47 Å². The topological polar surface area (TPSA) is 54.7 Å². The van der Waals surface area contributed by atoms with Crippen LogP contribution in [0.3, 0.4) is 0 Å². The van der Waals surface area contributed by atoms with Crippen LogP contribution >= 0.6 is 0 Å². The van der Waals surface area contributed by atoms with Crippen LogP contribution in [-0.2, 0) is 11.8 Å². The zero-order chi connectivity index (χ0) is 18.3. The van der Waals surface area contributed by atoms with Gasteiger partial charge in [-0.3, -0.25) is 4.79 Å². The highest BCUT2D eigenvalue weighted by molar-refractivity contribution is 5.94. The van der Waals surface area contributed by atoms with Gasteiger partial charge < -0.3 is 19.3 Å². The Balaban J connectivity index is 1.49. The molecule has 4 rings (SSSR count). The molecule has 1 saturated carbocycles. The highest BCUT2D eigenvalue weighted by Gasteiger charge is 2.56. The Morgan fingerprint density at radius 2 is 1.85 bits per heavy atom. The Labute approximate surface area is 154 Å². The zero-order valence-electron chi connectivity index (χ0n) is 15.4. The van der Waals surface area contributed by atoms with Gasteiger partial charge in [0.25, 0.3) is 5.91 Å². The Morgan fingerprint density at radius 1 is 1.15 bits per heavy atom. The lowest BCUT2D eigenvalue weighted by atomic mass is 9.58. The third-order valence-corrected chi connectivity index (χ3v) is 6.42. The van der Waals surface area contributed by atoms with Gasteiger partial charge in [0.05, 0.1) is 12.2 Å². The summed E-state index contributed by atoms with van der Waals surface area (Å²) in [6, 6.07) is 14.0. The van der Waals surface area contributed by atoms with Crippen LogP contribution in [0.4, 0.5) is 0 Å². The summed E-state index contributed by atoms with van der Waals surface area (Å²) in [4.78, 5) is 14.9. The van der Waals surface area contributed by atoms with Gasteiger partial charge >= 0.3 is 0 Å². The molecular weight excluding hydrogens is 328 g/mol. The van der Waals surface area contributed by atoms with Crippen LogP contribution in [0.2, 0.25) is 0 Å². The maximum atomic E-state index is 13.0. The predicted octanol–water partition coefficient (Wildman–Crippen LogP) is 2.69. The van der Waals surface area contributed by atoms with Crippen LogP contribution in [0.25, 0.3) is 11.3 Å². The van der Waals surface area contributed by atoms with Crippen molar-refractivity contribution in [2.45, 2.75) is 31.5 Å². The monoisotopic (exact) mass is 354 g/mol. The molecule has 2 fully saturated rings. The lowest BCUT2D eigenvalue weighted by Gasteiger charge is -2.56. The number of carbonyl (C=O) groups excluding carboxylic acids is 1. The van der Waals surface area contributed by atoms with E-state index in [1.54, 1.807) is 7.11 Å². The summed E-state index contributed by atoms with van der Waals surface area (Å²) < 4.78 is 7.50. The van der Waals surface area contributed by atoms with Gasteiger partial charge in [-0.05, 0) is 30.5 Å². The molecule has 1 N–H and O–H groups in total. The van der Waals surface area contributed by atoms with E-state index in [4.69, 9.17) is 4.74 Å². The average Bonchev–Trinajstić information content (AvgIpc) is 3.07. The summed E-state index contributed by atoms with van der Waals surface area (Å²) in [5.74, 6) is 0.0623. The molecule has 1 aliphatic heterocycles. The molecule has 0 radical (unpaired) electrons. The molecule has 2 atom stereocenters. The molecule has 1 aromatic heterocycles. The molecule has 5 nitrogen and oxygen atoms in total.